The van der Waals surface area contributed by atoms with E-state index in [-0.39, 0.29) is 24.3 Å². The standard InChI is InChI=1S/C17H22F3NO3S/c1-16(2,3)14-10-11-5-6-13(25(4,23)24)9-12(11)7-8-21(14)15(22)17(18,19)20/h5-6,9,14H,7-8,10H2,1-4H3/t14-/m0/s1. The van der Waals surface area contributed by atoms with Crippen molar-refractivity contribution in [3.63, 3.8) is 0 Å². The number of carbonyl (C=O) groups is 1. The number of benzene rings is 1. The molecule has 1 aliphatic rings. The number of nitrogens with zero attached hydrogens (tertiary/aromatic N) is 1. The largest absolute Gasteiger partial charge is 0.471 e. The van der Waals surface area contributed by atoms with E-state index in [1.165, 1.54) is 12.1 Å². The first-order valence-electron chi connectivity index (χ1n) is 7.91. The fourth-order valence-corrected chi connectivity index (χ4v) is 3.83. The molecular weight excluding hydrogens is 355 g/mol. The molecule has 0 aromatic heterocycles. The Morgan fingerprint density at radius 3 is 2.24 bits per heavy atom. The summed E-state index contributed by atoms with van der Waals surface area (Å²) in [6, 6.07) is 3.99. The molecule has 0 saturated carbocycles. The lowest BCUT2D eigenvalue weighted by Crippen LogP contribution is -2.52. The Morgan fingerprint density at radius 1 is 1.16 bits per heavy atom. The first-order chi connectivity index (χ1) is 11.2. The van der Waals surface area contributed by atoms with E-state index in [1.54, 1.807) is 26.8 Å². The average Bonchev–Trinajstić information content (AvgIpc) is 2.62. The van der Waals surface area contributed by atoms with Gasteiger partial charge >= 0.3 is 12.1 Å². The summed E-state index contributed by atoms with van der Waals surface area (Å²) in [7, 11) is -3.40. The topological polar surface area (TPSA) is 54.5 Å². The van der Waals surface area contributed by atoms with Crippen LogP contribution in [0.3, 0.4) is 0 Å². The van der Waals surface area contributed by atoms with E-state index in [0.29, 0.717) is 5.56 Å². The predicted octanol–water partition coefficient (Wildman–Crippen LogP) is 2.99. The molecule has 1 aromatic carbocycles. The zero-order valence-electron chi connectivity index (χ0n) is 14.6. The fourth-order valence-electron chi connectivity index (χ4n) is 3.16. The summed E-state index contributed by atoms with van der Waals surface area (Å²) < 4.78 is 62.5. The van der Waals surface area contributed by atoms with E-state index in [1.807, 2.05) is 0 Å². The summed E-state index contributed by atoms with van der Waals surface area (Å²) in [5.41, 5.74) is 0.900. The smallest absolute Gasteiger partial charge is 0.331 e. The molecule has 2 rings (SSSR count). The monoisotopic (exact) mass is 377 g/mol. The fraction of sp³-hybridized carbons (Fsp3) is 0.588. The highest BCUT2D eigenvalue weighted by atomic mass is 32.2. The van der Waals surface area contributed by atoms with E-state index in [0.717, 1.165) is 16.7 Å². The first kappa shape index (κ1) is 19.8. The highest BCUT2D eigenvalue weighted by Crippen LogP contribution is 2.34. The number of halogens is 3. The van der Waals surface area contributed by atoms with E-state index >= 15 is 0 Å². The maximum atomic E-state index is 13.0. The van der Waals surface area contributed by atoms with Crippen molar-refractivity contribution in [3.05, 3.63) is 29.3 Å². The number of sulfone groups is 1. The molecule has 0 N–H and O–H groups in total. The van der Waals surface area contributed by atoms with Gasteiger partial charge in [0, 0.05) is 18.8 Å². The van der Waals surface area contributed by atoms with Gasteiger partial charge in [0.1, 0.15) is 0 Å². The Morgan fingerprint density at radius 2 is 1.76 bits per heavy atom. The third-order valence-corrected chi connectivity index (χ3v) is 5.63. The second-order valence-corrected chi connectivity index (χ2v) is 9.55. The minimum atomic E-state index is -4.93. The van der Waals surface area contributed by atoms with Gasteiger partial charge in [-0.1, -0.05) is 26.8 Å². The molecule has 1 heterocycles. The Balaban J connectivity index is 2.48. The van der Waals surface area contributed by atoms with Crippen molar-refractivity contribution >= 4 is 15.7 Å². The van der Waals surface area contributed by atoms with Crippen LogP contribution in [-0.2, 0) is 27.5 Å². The van der Waals surface area contributed by atoms with Crippen LogP contribution < -0.4 is 0 Å². The quantitative estimate of drug-likeness (QED) is 0.756. The van der Waals surface area contributed by atoms with Gasteiger partial charge < -0.3 is 4.90 Å². The molecule has 1 atom stereocenters. The summed E-state index contributed by atoms with van der Waals surface area (Å²) in [4.78, 5) is 12.9. The predicted molar refractivity (Wildman–Crippen MR) is 88.0 cm³/mol. The molecule has 1 aromatic rings. The van der Waals surface area contributed by atoms with Crippen LogP contribution in [0.15, 0.2) is 23.1 Å². The molecule has 8 heteroatoms. The Bertz CT molecular complexity index is 779. The number of hydrogen-bond acceptors (Lipinski definition) is 3. The molecule has 0 fully saturated rings. The third-order valence-electron chi connectivity index (χ3n) is 4.52. The van der Waals surface area contributed by atoms with E-state index in [9.17, 15) is 26.4 Å². The van der Waals surface area contributed by atoms with Crippen LogP contribution in [0.5, 0.6) is 0 Å². The molecule has 0 saturated heterocycles. The van der Waals surface area contributed by atoms with E-state index in [4.69, 9.17) is 0 Å². The maximum absolute atomic E-state index is 13.0. The summed E-state index contributed by atoms with van der Waals surface area (Å²) in [5, 5.41) is 0. The van der Waals surface area contributed by atoms with Gasteiger partial charge in [-0.3, -0.25) is 4.79 Å². The van der Waals surface area contributed by atoms with Crippen molar-refractivity contribution in [1.82, 2.24) is 4.90 Å². The number of hydrogen-bond donors (Lipinski definition) is 0. The van der Waals surface area contributed by atoms with Gasteiger partial charge in [0.25, 0.3) is 0 Å². The molecule has 25 heavy (non-hydrogen) atoms. The van der Waals surface area contributed by atoms with Crippen molar-refractivity contribution < 1.29 is 26.4 Å². The Kier molecular flexibility index (Phi) is 4.98. The summed E-state index contributed by atoms with van der Waals surface area (Å²) in [6.45, 7) is 5.29. The highest BCUT2D eigenvalue weighted by molar-refractivity contribution is 7.90. The number of alkyl halides is 3. The molecule has 0 bridgehead atoms. The molecule has 0 spiro atoms. The molecule has 1 aliphatic heterocycles. The second kappa shape index (κ2) is 6.30. The van der Waals surface area contributed by atoms with Crippen molar-refractivity contribution in [1.29, 1.82) is 0 Å². The SMILES string of the molecule is CC(C)(C)[C@@H]1Cc2ccc(S(C)(=O)=O)cc2CCN1C(=O)C(F)(F)F. The number of carbonyl (C=O) groups excluding carboxylic acids is 1. The lowest BCUT2D eigenvalue weighted by Gasteiger charge is -2.39. The van der Waals surface area contributed by atoms with Crippen molar-refractivity contribution in [2.75, 3.05) is 12.8 Å². The zero-order valence-corrected chi connectivity index (χ0v) is 15.5. The van der Waals surface area contributed by atoms with Crippen molar-refractivity contribution in [3.8, 4) is 0 Å². The van der Waals surface area contributed by atoms with Gasteiger partial charge in [-0.05, 0) is 41.5 Å². The average molecular weight is 377 g/mol. The van der Waals surface area contributed by atoms with Gasteiger partial charge in [0.15, 0.2) is 9.84 Å². The van der Waals surface area contributed by atoms with Gasteiger partial charge in [-0.15, -0.1) is 0 Å². The van der Waals surface area contributed by atoms with Gasteiger partial charge in [-0.2, -0.15) is 13.2 Å². The van der Waals surface area contributed by atoms with E-state index < -0.39 is 33.4 Å². The second-order valence-electron chi connectivity index (χ2n) is 7.53. The van der Waals surface area contributed by atoms with Crippen LogP contribution >= 0.6 is 0 Å². The molecule has 1 amide bonds. The first-order valence-corrected chi connectivity index (χ1v) is 9.80. The third kappa shape index (κ3) is 4.34. The normalized spacial score (nSPS) is 19.3. The van der Waals surface area contributed by atoms with Crippen LogP contribution in [0, 0.1) is 5.41 Å². The molecule has 140 valence electrons. The summed E-state index contributed by atoms with van der Waals surface area (Å²) >= 11 is 0. The van der Waals surface area contributed by atoms with Crippen molar-refractivity contribution in [2.45, 2.75) is 50.7 Å². The maximum Gasteiger partial charge on any atom is 0.471 e. The molecule has 0 radical (unpaired) electrons. The van der Waals surface area contributed by atoms with Crippen LogP contribution in [-0.4, -0.2) is 44.2 Å². The molecule has 0 aliphatic carbocycles. The number of amides is 1. The van der Waals surface area contributed by atoms with Crippen LogP contribution in [0.2, 0.25) is 0 Å². The Labute approximate surface area is 145 Å². The van der Waals surface area contributed by atoms with Gasteiger partial charge in [0.2, 0.25) is 0 Å². The minimum absolute atomic E-state index is 0.0967. The lowest BCUT2D eigenvalue weighted by molar-refractivity contribution is -0.189. The van der Waals surface area contributed by atoms with Gasteiger partial charge in [0.05, 0.1) is 4.90 Å². The van der Waals surface area contributed by atoms with Gasteiger partial charge in [-0.25, -0.2) is 8.42 Å². The Hall–Kier alpha value is -1.57. The van der Waals surface area contributed by atoms with Crippen LogP contribution in [0.1, 0.15) is 31.9 Å². The van der Waals surface area contributed by atoms with Crippen LogP contribution in [0.25, 0.3) is 0 Å². The van der Waals surface area contributed by atoms with E-state index in [2.05, 4.69) is 0 Å². The number of fused-ring (bicyclic) bond motifs is 1. The zero-order chi connectivity index (χ0) is 19.2. The molecule has 0 unspecified atom stereocenters. The highest BCUT2D eigenvalue weighted by Gasteiger charge is 2.47. The summed E-state index contributed by atoms with van der Waals surface area (Å²) in [6.07, 6.45) is -3.40. The minimum Gasteiger partial charge on any atom is -0.331 e. The summed E-state index contributed by atoms with van der Waals surface area (Å²) in [5.74, 6) is -1.84. The number of rotatable bonds is 1. The van der Waals surface area contributed by atoms with Crippen LogP contribution in [0.4, 0.5) is 13.2 Å². The molecule has 4 nitrogen and oxygen atoms in total. The van der Waals surface area contributed by atoms with Crippen molar-refractivity contribution in [2.24, 2.45) is 5.41 Å². The lowest BCUT2D eigenvalue weighted by atomic mass is 9.82. The molecular formula is C17H22F3NO3S.